The van der Waals surface area contributed by atoms with E-state index in [4.69, 9.17) is 25.1 Å². The standard InChI is InChI=1S/C5H9O8P/c6-3(5(9)10)2(4(7)8)1-14(11,12)13/h2-3,6H,1H2,(H,7,8)(H,9,10)(H2,11,12,13)/t2-,3-/m0/s1. The second-order valence-corrected chi connectivity index (χ2v) is 4.27. The molecule has 0 saturated carbocycles. The van der Waals surface area contributed by atoms with E-state index in [0.29, 0.717) is 0 Å². The quantitative estimate of drug-likeness (QED) is 0.349. The molecule has 0 aromatic carbocycles. The van der Waals surface area contributed by atoms with E-state index in [1.54, 1.807) is 0 Å². The van der Waals surface area contributed by atoms with Gasteiger partial charge in [0.2, 0.25) is 0 Å². The zero-order valence-corrected chi connectivity index (χ0v) is 7.66. The zero-order valence-electron chi connectivity index (χ0n) is 6.77. The number of carbonyl (C=O) groups is 2. The van der Waals surface area contributed by atoms with Crippen LogP contribution in [0.3, 0.4) is 0 Å². The van der Waals surface area contributed by atoms with Gasteiger partial charge in [-0.25, -0.2) is 4.79 Å². The molecule has 0 spiro atoms. The predicted molar refractivity (Wildman–Crippen MR) is 41.7 cm³/mol. The van der Waals surface area contributed by atoms with Crippen LogP contribution in [0.4, 0.5) is 0 Å². The Kier molecular flexibility index (Phi) is 4.21. The van der Waals surface area contributed by atoms with Crippen LogP contribution in [-0.2, 0) is 14.2 Å². The van der Waals surface area contributed by atoms with Gasteiger partial charge in [0.05, 0.1) is 6.16 Å². The molecule has 0 bridgehead atoms. The van der Waals surface area contributed by atoms with E-state index in [9.17, 15) is 14.2 Å². The number of aliphatic hydroxyl groups is 1. The zero-order chi connectivity index (χ0) is 11.5. The van der Waals surface area contributed by atoms with Gasteiger partial charge < -0.3 is 25.1 Å². The first kappa shape index (κ1) is 13.1. The molecule has 0 unspecified atom stereocenters. The minimum atomic E-state index is -4.67. The number of hydrogen-bond donors (Lipinski definition) is 5. The molecule has 0 amide bonds. The average molecular weight is 228 g/mol. The molecule has 0 aromatic heterocycles. The topological polar surface area (TPSA) is 152 Å². The highest BCUT2D eigenvalue weighted by Crippen LogP contribution is 2.37. The van der Waals surface area contributed by atoms with Crippen LogP contribution < -0.4 is 0 Å². The maximum Gasteiger partial charge on any atom is 0.333 e. The molecule has 0 aliphatic heterocycles. The summed E-state index contributed by atoms with van der Waals surface area (Å²) in [6.45, 7) is 0. The second-order valence-electron chi connectivity index (χ2n) is 2.58. The summed E-state index contributed by atoms with van der Waals surface area (Å²) in [6.07, 6.45) is -3.55. The summed E-state index contributed by atoms with van der Waals surface area (Å²) < 4.78 is 10.4. The summed E-state index contributed by atoms with van der Waals surface area (Å²) in [7, 11) is -4.67. The molecule has 5 N–H and O–H groups in total. The molecule has 0 aliphatic rings. The van der Waals surface area contributed by atoms with Crippen LogP contribution in [0.15, 0.2) is 0 Å². The fourth-order valence-electron chi connectivity index (χ4n) is 0.741. The minimum Gasteiger partial charge on any atom is -0.481 e. The molecule has 9 heteroatoms. The van der Waals surface area contributed by atoms with Crippen molar-refractivity contribution < 1.29 is 39.3 Å². The highest BCUT2D eigenvalue weighted by Gasteiger charge is 2.37. The first-order chi connectivity index (χ1) is 6.15. The fraction of sp³-hybridized carbons (Fsp3) is 0.600. The molecule has 8 nitrogen and oxygen atoms in total. The normalized spacial score (nSPS) is 15.9. The van der Waals surface area contributed by atoms with Crippen molar-refractivity contribution in [2.45, 2.75) is 6.10 Å². The molecule has 82 valence electrons. The van der Waals surface area contributed by atoms with Crippen LogP contribution in [-0.4, -0.2) is 49.3 Å². The number of aliphatic carboxylic acids is 2. The van der Waals surface area contributed by atoms with Crippen LogP contribution in [0.5, 0.6) is 0 Å². The highest BCUT2D eigenvalue weighted by molar-refractivity contribution is 7.51. The lowest BCUT2D eigenvalue weighted by Crippen LogP contribution is -2.37. The first-order valence-electron chi connectivity index (χ1n) is 3.33. The SMILES string of the molecule is O=C(O)[C@@H](O)[C@H](CP(=O)(O)O)C(=O)O. The van der Waals surface area contributed by atoms with Crippen molar-refractivity contribution in [1.82, 2.24) is 0 Å². The molecule has 0 heterocycles. The third-order valence-electron chi connectivity index (χ3n) is 1.39. The summed E-state index contributed by atoms with van der Waals surface area (Å²) in [5.74, 6) is -5.64. The van der Waals surface area contributed by atoms with Gasteiger partial charge in [-0.05, 0) is 0 Å². The van der Waals surface area contributed by atoms with E-state index in [1.807, 2.05) is 0 Å². The molecule has 0 saturated heterocycles. The summed E-state index contributed by atoms with van der Waals surface area (Å²) in [5, 5.41) is 25.4. The minimum absolute atomic E-state index is 1.21. The van der Waals surface area contributed by atoms with E-state index in [1.165, 1.54) is 0 Å². The molecule has 0 aromatic rings. The Morgan fingerprint density at radius 1 is 1.14 bits per heavy atom. The monoisotopic (exact) mass is 228 g/mol. The summed E-state index contributed by atoms with van der Waals surface area (Å²) in [5.41, 5.74) is 0. The van der Waals surface area contributed by atoms with E-state index in [0.717, 1.165) is 0 Å². The number of aliphatic hydroxyl groups excluding tert-OH is 1. The van der Waals surface area contributed by atoms with Crippen LogP contribution in [0.2, 0.25) is 0 Å². The van der Waals surface area contributed by atoms with Gasteiger partial charge in [0.1, 0.15) is 5.92 Å². The van der Waals surface area contributed by atoms with E-state index < -0.39 is 37.7 Å². The lowest BCUT2D eigenvalue weighted by molar-refractivity contribution is -0.158. The van der Waals surface area contributed by atoms with Crippen molar-refractivity contribution in [3.63, 3.8) is 0 Å². The van der Waals surface area contributed by atoms with Gasteiger partial charge in [-0.1, -0.05) is 0 Å². The number of carboxylic acids is 2. The number of rotatable bonds is 5. The maximum atomic E-state index is 10.4. The van der Waals surface area contributed by atoms with Crippen LogP contribution >= 0.6 is 7.60 Å². The van der Waals surface area contributed by atoms with E-state index >= 15 is 0 Å². The molecular weight excluding hydrogens is 219 g/mol. The Labute approximate surface area is 78.0 Å². The largest absolute Gasteiger partial charge is 0.481 e. The summed E-state index contributed by atoms with van der Waals surface area (Å²) in [6, 6.07) is 0. The molecule has 0 rings (SSSR count). The molecule has 14 heavy (non-hydrogen) atoms. The molecule has 0 radical (unpaired) electrons. The van der Waals surface area contributed by atoms with Crippen LogP contribution in [0, 0.1) is 5.92 Å². The molecule has 2 atom stereocenters. The summed E-state index contributed by atoms with van der Waals surface area (Å²) in [4.78, 5) is 37.3. The van der Waals surface area contributed by atoms with Gasteiger partial charge in [-0.3, -0.25) is 9.36 Å². The third-order valence-corrected chi connectivity index (χ3v) is 2.25. The number of hydrogen-bond acceptors (Lipinski definition) is 4. The smallest absolute Gasteiger partial charge is 0.333 e. The average Bonchev–Trinajstić information content (AvgIpc) is 1.96. The lowest BCUT2D eigenvalue weighted by Gasteiger charge is -2.15. The van der Waals surface area contributed by atoms with Crippen molar-refractivity contribution in [3.05, 3.63) is 0 Å². The lowest BCUT2D eigenvalue weighted by atomic mass is 10.1. The van der Waals surface area contributed by atoms with Gasteiger partial charge in [-0.15, -0.1) is 0 Å². The van der Waals surface area contributed by atoms with Crippen molar-refractivity contribution in [1.29, 1.82) is 0 Å². The first-order valence-corrected chi connectivity index (χ1v) is 5.13. The Balaban J connectivity index is 4.70. The maximum absolute atomic E-state index is 10.4. The van der Waals surface area contributed by atoms with Gasteiger partial charge in [-0.2, -0.15) is 0 Å². The van der Waals surface area contributed by atoms with Gasteiger partial charge >= 0.3 is 19.5 Å². The molecule has 0 aliphatic carbocycles. The van der Waals surface area contributed by atoms with Crippen molar-refractivity contribution in [2.75, 3.05) is 6.16 Å². The van der Waals surface area contributed by atoms with Crippen molar-refractivity contribution in [2.24, 2.45) is 5.92 Å². The Morgan fingerprint density at radius 3 is 1.79 bits per heavy atom. The predicted octanol–water partition coefficient (Wildman–Crippen LogP) is -1.69. The van der Waals surface area contributed by atoms with Crippen molar-refractivity contribution in [3.8, 4) is 0 Å². The Morgan fingerprint density at radius 2 is 1.57 bits per heavy atom. The van der Waals surface area contributed by atoms with Crippen LogP contribution in [0.1, 0.15) is 0 Å². The van der Waals surface area contributed by atoms with Gasteiger partial charge in [0.25, 0.3) is 0 Å². The fourth-order valence-corrected chi connectivity index (χ4v) is 1.61. The van der Waals surface area contributed by atoms with Crippen molar-refractivity contribution >= 4 is 19.5 Å². The van der Waals surface area contributed by atoms with E-state index in [2.05, 4.69) is 0 Å². The molecule has 0 fully saturated rings. The van der Waals surface area contributed by atoms with Crippen LogP contribution in [0.25, 0.3) is 0 Å². The Bertz CT molecular complexity index is 279. The van der Waals surface area contributed by atoms with Gasteiger partial charge in [0, 0.05) is 0 Å². The third kappa shape index (κ3) is 4.33. The molecular formula is C5H9O8P. The Hall–Kier alpha value is -0.950. The second kappa shape index (κ2) is 4.52. The highest BCUT2D eigenvalue weighted by atomic mass is 31.2. The van der Waals surface area contributed by atoms with E-state index in [-0.39, 0.29) is 0 Å². The summed E-state index contributed by atoms with van der Waals surface area (Å²) >= 11 is 0. The number of carboxylic acid groups (broad SMARTS) is 2. The van der Waals surface area contributed by atoms with Gasteiger partial charge in [0.15, 0.2) is 6.10 Å².